The summed E-state index contributed by atoms with van der Waals surface area (Å²) in [6.45, 7) is 0. The third-order valence-corrected chi connectivity index (χ3v) is 2.10. The summed E-state index contributed by atoms with van der Waals surface area (Å²) in [5.74, 6) is 0. The Balaban J connectivity index is 2.74. The molecule has 0 heterocycles. The highest BCUT2D eigenvalue weighted by atomic mass is 14.0. The lowest BCUT2D eigenvalue weighted by Crippen LogP contribution is -1.75. The largest absolute Gasteiger partial charge is 0.0629 e. The van der Waals surface area contributed by atoms with Crippen molar-refractivity contribution in [3.63, 3.8) is 0 Å². The second-order valence-corrected chi connectivity index (χ2v) is 2.91. The van der Waals surface area contributed by atoms with Crippen LogP contribution in [0.15, 0.2) is 60.5 Å². The molecule has 0 aliphatic rings. The molecule has 0 radical (unpaired) electrons. The fourth-order valence-corrected chi connectivity index (χ4v) is 1.46. The first kappa shape index (κ1) is 3.09. The zero-order chi connectivity index (χ0) is 16.3. The molecule has 0 bridgehead atoms. The summed E-state index contributed by atoms with van der Waals surface area (Å²) in [7, 11) is 0. The molecule has 3 aromatic carbocycles. The Bertz CT molecular complexity index is 882. The van der Waals surface area contributed by atoms with Crippen LogP contribution in [0.4, 0.5) is 0 Å². The highest BCUT2D eigenvalue weighted by molar-refractivity contribution is 6.07. The van der Waals surface area contributed by atoms with Crippen LogP contribution >= 0.6 is 0 Å². The SMILES string of the molecule is [2H]c1c([2H])c([2H])c2c(ccc3c([2H])c([2H])c([2H])c([2H])c32)c1[2H]. The van der Waals surface area contributed by atoms with Crippen molar-refractivity contribution in [2.24, 2.45) is 0 Å². The van der Waals surface area contributed by atoms with Gasteiger partial charge in [0.15, 0.2) is 0 Å². The zero-order valence-electron chi connectivity index (χ0n) is 15.2. The molecule has 0 aliphatic heterocycles. The van der Waals surface area contributed by atoms with Gasteiger partial charge in [0.2, 0.25) is 0 Å². The summed E-state index contributed by atoms with van der Waals surface area (Å²) in [5.41, 5.74) is 0. The standard InChI is InChI=1S/C14H10/c1-3-7-13-11(5-1)9-10-12-6-2-4-8-14(12)13/h1-10H/i1D,2D,3D,4D,5D,6D,7D,8D. The molecule has 0 spiro atoms. The van der Waals surface area contributed by atoms with Crippen LogP contribution in [0.3, 0.4) is 0 Å². The van der Waals surface area contributed by atoms with Gasteiger partial charge in [-0.05, 0) is 21.5 Å². The number of hydrogen-bond donors (Lipinski definition) is 0. The molecule has 0 heteroatoms. The fraction of sp³-hybridized carbons (Fsp3) is 0. The van der Waals surface area contributed by atoms with Gasteiger partial charge in [0.25, 0.3) is 0 Å². The van der Waals surface area contributed by atoms with Crippen molar-refractivity contribution >= 4 is 21.5 Å². The Hall–Kier alpha value is -1.82. The van der Waals surface area contributed by atoms with Crippen molar-refractivity contribution in [3.05, 3.63) is 60.5 Å². The van der Waals surface area contributed by atoms with E-state index >= 15 is 0 Å². The average Bonchev–Trinajstić information content (AvgIpc) is 2.52. The molecule has 0 unspecified atom stereocenters. The van der Waals surface area contributed by atoms with E-state index in [-0.39, 0.29) is 57.8 Å². The molecule has 0 saturated carbocycles. The van der Waals surface area contributed by atoms with E-state index in [4.69, 9.17) is 11.0 Å². The lowest BCUT2D eigenvalue weighted by molar-refractivity contribution is 1.76. The van der Waals surface area contributed by atoms with Crippen LogP contribution in [-0.4, -0.2) is 0 Å². The third kappa shape index (κ3) is 1.01. The maximum absolute atomic E-state index is 8.06. The van der Waals surface area contributed by atoms with Crippen LogP contribution in [0.1, 0.15) is 11.0 Å². The van der Waals surface area contributed by atoms with Crippen molar-refractivity contribution in [2.75, 3.05) is 0 Å². The fourth-order valence-electron chi connectivity index (χ4n) is 1.46. The molecule has 0 nitrogen and oxygen atoms in total. The summed E-state index contributed by atoms with van der Waals surface area (Å²) < 4.78 is 62.9. The van der Waals surface area contributed by atoms with Crippen molar-refractivity contribution in [1.82, 2.24) is 0 Å². The predicted octanol–water partition coefficient (Wildman–Crippen LogP) is 3.99. The first-order chi connectivity index (χ1) is 10.3. The van der Waals surface area contributed by atoms with E-state index in [2.05, 4.69) is 0 Å². The van der Waals surface area contributed by atoms with Gasteiger partial charge in [0.1, 0.15) is 0 Å². The molecule has 3 rings (SSSR count). The van der Waals surface area contributed by atoms with Gasteiger partial charge in [-0.1, -0.05) is 60.5 Å². The highest BCUT2D eigenvalue weighted by Crippen LogP contribution is 2.24. The van der Waals surface area contributed by atoms with Crippen molar-refractivity contribution in [1.29, 1.82) is 0 Å². The van der Waals surface area contributed by atoms with Gasteiger partial charge in [-0.2, -0.15) is 0 Å². The molecule has 0 N–H and O–H groups in total. The van der Waals surface area contributed by atoms with Gasteiger partial charge >= 0.3 is 0 Å². The monoisotopic (exact) mass is 186 g/mol. The summed E-state index contributed by atoms with van der Waals surface area (Å²) in [5, 5.41) is 0.720. The van der Waals surface area contributed by atoms with Crippen LogP contribution in [0.5, 0.6) is 0 Å². The maximum atomic E-state index is 8.06. The second kappa shape index (κ2) is 2.85. The molecule has 0 aromatic heterocycles. The van der Waals surface area contributed by atoms with E-state index in [9.17, 15) is 0 Å². The summed E-state index contributed by atoms with van der Waals surface area (Å²) >= 11 is 0. The normalized spacial score (nSPS) is 18.9. The molecule has 3 aromatic rings. The Kier molecular flexibility index (Phi) is 0.629. The van der Waals surface area contributed by atoms with Gasteiger partial charge in [0, 0.05) is 0 Å². The Labute approximate surface area is 94.0 Å². The summed E-state index contributed by atoms with van der Waals surface area (Å²) in [4.78, 5) is 0. The molecular weight excluding hydrogens is 168 g/mol. The quantitative estimate of drug-likeness (QED) is 0.466. The second-order valence-electron chi connectivity index (χ2n) is 2.91. The van der Waals surface area contributed by atoms with Crippen molar-refractivity contribution in [3.8, 4) is 0 Å². The molecule has 66 valence electrons. The molecule has 0 aliphatic carbocycles. The lowest BCUT2D eigenvalue weighted by atomic mass is 10.0. The third-order valence-electron chi connectivity index (χ3n) is 2.10. The number of fused-ring (bicyclic) bond motifs is 3. The molecule has 0 atom stereocenters. The minimum Gasteiger partial charge on any atom is -0.0616 e. The minimum atomic E-state index is -0.419. The number of hydrogen-bond acceptors (Lipinski definition) is 0. The topological polar surface area (TPSA) is 0 Å². The molecular formula is C14H10. The van der Waals surface area contributed by atoms with Gasteiger partial charge in [0.05, 0.1) is 11.0 Å². The van der Waals surface area contributed by atoms with Gasteiger partial charge in [-0.25, -0.2) is 0 Å². The first-order valence-electron chi connectivity index (χ1n) is 8.16. The van der Waals surface area contributed by atoms with Crippen LogP contribution in [0.2, 0.25) is 0 Å². The molecule has 0 fully saturated rings. The Morgan fingerprint density at radius 2 is 1.07 bits per heavy atom. The van der Waals surface area contributed by atoms with Crippen molar-refractivity contribution < 1.29 is 11.0 Å². The average molecular weight is 186 g/mol. The van der Waals surface area contributed by atoms with E-state index in [0.29, 0.717) is 0 Å². The summed E-state index contributed by atoms with van der Waals surface area (Å²) in [6.07, 6.45) is 0. The van der Waals surface area contributed by atoms with Gasteiger partial charge in [-0.3, -0.25) is 0 Å². The molecule has 14 heavy (non-hydrogen) atoms. The van der Waals surface area contributed by atoms with Gasteiger partial charge in [-0.15, -0.1) is 0 Å². The Morgan fingerprint density at radius 3 is 1.57 bits per heavy atom. The van der Waals surface area contributed by atoms with E-state index in [0.717, 1.165) is 0 Å². The minimum absolute atomic E-state index is 0.121. The smallest absolute Gasteiger partial charge is 0.0616 e. The first-order valence-corrected chi connectivity index (χ1v) is 4.16. The molecule has 0 amide bonds. The molecule has 0 saturated heterocycles. The maximum Gasteiger partial charge on any atom is 0.0629 e. The van der Waals surface area contributed by atoms with Crippen LogP contribution in [0, 0.1) is 0 Å². The predicted molar refractivity (Wildman–Crippen MR) is 61.5 cm³/mol. The van der Waals surface area contributed by atoms with E-state index in [1.54, 1.807) is 0 Å². The number of rotatable bonds is 0. The van der Waals surface area contributed by atoms with E-state index in [1.165, 1.54) is 12.1 Å². The lowest BCUT2D eigenvalue weighted by Gasteiger charge is -2.02. The van der Waals surface area contributed by atoms with Crippen LogP contribution in [-0.2, 0) is 0 Å². The summed E-state index contributed by atoms with van der Waals surface area (Å²) in [6, 6.07) is 0.339. The Morgan fingerprint density at radius 1 is 0.643 bits per heavy atom. The zero-order valence-corrected chi connectivity index (χ0v) is 7.15. The number of benzene rings is 3. The highest BCUT2D eigenvalue weighted by Gasteiger charge is 1.97. The van der Waals surface area contributed by atoms with Gasteiger partial charge < -0.3 is 0 Å². The van der Waals surface area contributed by atoms with Crippen LogP contribution < -0.4 is 0 Å². The van der Waals surface area contributed by atoms with Crippen LogP contribution in [0.25, 0.3) is 21.5 Å². The van der Waals surface area contributed by atoms with E-state index in [1.807, 2.05) is 0 Å². The van der Waals surface area contributed by atoms with E-state index < -0.39 is 12.1 Å². The van der Waals surface area contributed by atoms with Crippen molar-refractivity contribution in [2.45, 2.75) is 0 Å².